The van der Waals surface area contributed by atoms with E-state index in [-0.39, 0.29) is 0 Å². The fourth-order valence-electron chi connectivity index (χ4n) is 0.374. The molecule has 0 aromatic heterocycles. The number of aliphatic imine (C=N–C) groups is 1. The highest BCUT2D eigenvalue weighted by molar-refractivity contribution is 8.13. The Hall–Kier alpha value is -0.690. The third-order valence-electron chi connectivity index (χ3n) is 0.776. The molecule has 0 heterocycles. The molecule has 0 aromatic rings. The van der Waals surface area contributed by atoms with Crippen molar-refractivity contribution in [2.45, 2.75) is 13.3 Å². The van der Waals surface area contributed by atoms with E-state index in [9.17, 15) is 0 Å². The van der Waals surface area contributed by atoms with E-state index >= 15 is 0 Å². The smallest absolute Gasteiger partial charge is 0.154 e. The molecule has 0 amide bonds. The summed E-state index contributed by atoms with van der Waals surface area (Å²) in [5.74, 6) is 0.388. The molecule has 0 saturated heterocycles. The minimum absolute atomic E-state index is 0.388. The molecular formula is C6H11N3S. The van der Waals surface area contributed by atoms with Gasteiger partial charge in [-0.25, -0.2) is 0 Å². The Morgan fingerprint density at radius 2 is 2.50 bits per heavy atom. The number of nitriles is 1. The van der Waals surface area contributed by atoms with E-state index in [1.165, 1.54) is 11.8 Å². The molecule has 0 aliphatic rings. The largest absolute Gasteiger partial charge is 0.379 e. The molecule has 0 saturated carbocycles. The molecular weight excluding hydrogens is 146 g/mol. The van der Waals surface area contributed by atoms with Crippen LogP contribution in [0.1, 0.15) is 13.3 Å². The predicted molar refractivity (Wildman–Crippen MR) is 44.9 cm³/mol. The van der Waals surface area contributed by atoms with Crippen LogP contribution in [0.15, 0.2) is 4.99 Å². The summed E-state index contributed by atoms with van der Waals surface area (Å²) < 4.78 is 0. The van der Waals surface area contributed by atoms with Gasteiger partial charge in [0, 0.05) is 6.54 Å². The number of nitrogens with zero attached hydrogens (tertiary/aromatic N) is 2. The average Bonchev–Trinajstić information content (AvgIpc) is 1.97. The summed E-state index contributed by atoms with van der Waals surface area (Å²) in [6.45, 7) is 2.79. The van der Waals surface area contributed by atoms with Crippen molar-refractivity contribution in [3.63, 3.8) is 0 Å². The van der Waals surface area contributed by atoms with Crippen molar-refractivity contribution in [1.29, 1.82) is 5.26 Å². The Morgan fingerprint density at radius 1 is 1.80 bits per heavy atom. The number of amidine groups is 1. The summed E-state index contributed by atoms with van der Waals surface area (Å²) in [6, 6.07) is 1.98. The maximum absolute atomic E-state index is 8.16. The van der Waals surface area contributed by atoms with Crippen LogP contribution in [0.2, 0.25) is 0 Å². The molecule has 0 radical (unpaired) electrons. The van der Waals surface area contributed by atoms with Crippen LogP contribution in [0.25, 0.3) is 0 Å². The van der Waals surface area contributed by atoms with E-state index in [4.69, 9.17) is 11.0 Å². The maximum Gasteiger partial charge on any atom is 0.154 e. The molecule has 0 aliphatic carbocycles. The number of hydrogen-bond donors (Lipinski definition) is 1. The minimum atomic E-state index is 0.388. The van der Waals surface area contributed by atoms with E-state index in [2.05, 4.69) is 4.99 Å². The number of thioether (sulfide) groups is 1. The zero-order valence-corrected chi connectivity index (χ0v) is 6.82. The van der Waals surface area contributed by atoms with Gasteiger partial charge in [0.05, 0.1) is 11.8 Å². The average molecular weight is 157 g/mol. The summed E-state index contributed by atoms with van der Waals surface area (Å²) in [5, 5.41) is 8.68. The lowest BCUT2D eigenvalue weighted by atomic mass is 10.5. The van der Waals surface area contributed by atoms with Crippen LogP contribution >= 0.6 is 11.8 Å². The first-order valence-electron chi connectivity index (χ1n) is 3.11. The lowest BCUT2D eigenvalue weighted by Crippen LogP contribution is -2.07. The molecule has 4 heteroatoms. The lowest BCUT2D eigenvalue weighted by Gasteiger charge is -1.93. The number of hydrogen-bond acceptors (Lipinski definition) is 3. The highest BCUT2D eigenvalue weighted by atomic mass is 32.2. The van der Waals surface area contributed by atoms with Crippen molar-refractivity contribution in [1.82, 2.24) is 0 Å². The van der Waals surface area contributed by atoms with Crippen molar-refractivity contribution in [3.8, 4) is 6.07 Å². The lowest BCUT2D eigenvalue weighted by molar-refractivity contribution is 0.934. The van der Waals surface area contributed by atoms with Gasteiger partial charge in [0.15, 0.2) is 5.17 Å². The Bertz CT molecular complexity index is 148. The molecule has 0 spiro atoms. The zero-order valence-electron chi connectivity index (χ0n) is 6.00. The van der Waals surface area contributed by atoms with E-state index in [0.717, 1.165) is 13.0 Å². The normalized spacial score (nSPS) is 11.0. The van der Waals surface area contributed by atoms with Gasteiger partial charge in [-0.2, -0.15) is 5.26 Å². The van der Waals surface area contributed by atoms with Crippen molar-refractivity contribution < 1.29 is 0 Å². The van der Waals surface area contributed by atoms with E-state index in [1.54, 1.807) is 0 Å². The summed E-state index contributed by atoms with van der Waals surface area (Å²) >= 11 is 1.28. The van der Waals surface area contributed by atoms with Gasteiger partial charge in [-0.15, -0.1) is 0 Å². The Labute approximate surface area is 65.3 Å². The van der Waals surface area contributed by atoms with Gasteiger partial charge in [0.25, 0.3) is 0 Å². The van der Waals surface area contributed by atoms with Gasteiger partial charge >= 0.3 is 0 Å². The molecule has 0 unspecified atom stereocenters. The van der Waals surface area contributed by atoms with Crippen LogP contribution in [-0.4, -0.2) is 17.5 Å². The maximum atomic E-state index is 8.16. The number of nitrogens with two attached hydrogens (primary N) is 1. The SMILES string of the molecule is CCCN=C(N)SCC#N. The second-order valence-corrected chi connectivity index (χ2v) is 2.66. The molecule has 2 N–H and O–H groups in total. The monoisotopic (exact) mass is 157 g/mol. The molecule has 0 atom stereocenters. The fraction of sp³-hybridized carbons (Fsp3) is 0.667. The second-order valence-electron chi connectivity index (χ2n) is 1.67. The predicted octanol–water partition coefficient (Wildman–Crippen LogP) is 0.968. The molecule has 0 aromatic carbocycles. The molecule has 3 nitrogen and oxygen atoms in total. The van der Waals surface area contributed by atoms with Crippen LogP contribution in [0.5, 0.6) is 0 Å². The van der Waals surface area contributed by atoms with E-state index < -0.39 is 0 Å². The van der Waals surface area contributed by atoms with Crippen LogP contribution in [-0.2, 0) is 0 Å². The van der Waals surface area contributed by atoms with Crippen molar-refractivity contribution >= 4 is 16.9 Å². The van der Waals surface area contributed by atoms with Gasteiger partial charge in [0.1, 0.15) is 0 Å². The van der Waals surface area contributed by atoms with Gasteiger partial charge in [-0.05, 0) is 6.42 Å². The van der Waals surface area contributed by atoms with Gasteiger partial charge < -0.3 is 5.73 Å². The third-order valence-corrected chi connectivity index (χ3v) is 1.47. The minimum Gasteiger partial charge on any atom is -0.379 e. The topological polar surface area (TPSA) is 62.2 Å². The Morgan fingerprint density at radius 3 is 3.00 bits per heavy atom. The summed E-state index contributed by atoms with van der Waals surface area (Å²) in [4.78, 5) is 3.99. The third kappa shape index (κ3) is 5.45. The second kappa shape index (κ2) is 6.43. The first-order valence-corrected chi connectivity index (χ1v) is 4.09. The first-order chi connectivity index (χ1) is 4.81. The molecule has 0 rings (SSSR count). The quantitative estimate of drug-likeness (QED) is 0.490. The molecule has 0 aliphatic heterocycles. The summed E-state index contributed by atoms with van der Waals surface area (Å²) in [5.41, 5.74) is 5.41. The van der Waals surface area contributed by atoms with Gasteiger partial charge in [-0.1, -0.05) is 18.7 Å². The van der Waals surface area contributed by atoms with Crippen molar-refractivity contribution in [3.05, 3.63) is 0 Å². The highest BCUT2D eigenvalue weighted by Crippen LogP contribution is 1.97. The van der Waals surface area contributed by atoms with E-state index in [0.29, 0.717) is 10.9 Å². The Kier molecular flexibility index (Phi) is 5.99. The molecule has 56 valence electrons. The van der Waals surface area contributed by atoms with Gasteiger partial charge in [0.2, 0.25) is 0 Å². The first kappa shape index (κ1) is 9.31. The molecule has 10 heavy (non-hydrogen) atoms. The summed E-state index contributed by atoms with van der Waals surface area (Å²) in [7, 11) is 0. The zero-order chi connectivity index (χ0) is 7.82. The van der Waals surface area contributed by atoms with Crippen LogP contribution in [0.4, 0.5) is 0 Å². The van der Waals surface area contributed by atoms with Crippen LogP contribution in [0, 0.1) is 11.3 Å². The molecule has 0 fully saturated rings. The van der Waals surface area contributed by atoms with Crippen molar-refractivity contribution in [2.24, 2.45) is 10.7 Å². The fourth-order valence-corrected chi connectivity index (χ4v) is 0.769. The number of rotatable bonds is 3. The standard InChI is InChI=1S/C6H11N3S/c1-2-4-9-6(8)10-5-3-7/h2,4-5H2,1H3,(H2,8,9). The Balaban J connectivity index is 3.41. The summed E-state index contributed by atoms with van der Waals surface area (Å²) in [6.07, 6.45) is 0.994. The van der Waals surface area contributed by atoms with Crippen LogP contribution in [0.3, 0.4) is 0 Å². The van der Waals surface area contributed by atoms with E-state index in [1.807, 2.05) is 13.0 Å². The molecule has 0 bridgehead atoms. The highest BCUT2D eigenvalue weighted by Gasteiger charge is 1.89. The van der Waals surface area contributed by atoms with Gasteiger partial charge in [-0.3, -0.25) is 4.99 Å². The van der Waals surface area contributed by atoms with Crippen LogP contribution < -0.4 is 5.73 Å². The van der Waals surface area contributed by atoms with Crippen molar-refractivity contribution in [2.75, 3.05) is 12.3 Å².